The minimum Gasteiger partial charge on any atom is -0.332 e. The van der Waals surface area contributed by atoms with Crippen LogP contribution in [0.25, 0.3) is 0 Å². The van der Waals surface area contributed by atoms with Crippen LogP contribution in [0.2, 0.25) is 0 Å². The molecule has 1 fully saturated rings. The van der Waals surface area contributed by atoms with E-state index in [-0.39, 0.29) is 29.8 Å². The van der Waals surface area contributed by atoms with Gasteiger partial charge >= 0.3 is 0 Å². The monoisotopic (exact) mass is 276 g/mol. The number of anilines is 1. The van der Waals surface area contributed by atoms with Crippen molar-refractivity contribution in [2.45, 2.75) is 32.6 Å². The number of hydrogen-bond acceptors (Lipinski definition) is 3. The number of carbonyl (C=O) groups excluding carboxylic acids is 2. The Labute approximate surface area is 117 Å². The Morgan fingerprint density at radius 2 is 1.68 bits per heavy atom. The largest absolute Gasteiger partial charge is 0.332 e. The Morgan fingerprint density at radius 3 is 2.16 bits per heavy atom. The summed E-state index contributed by atoms with van der Waals surface area (Å²) in [5.74, 6) is -0.00894. The highest BCUT2D eigenvalue weighted by atomic mass is 32.1. The maximum atomic E-state index is 11.5. The number of likely N-dealkylation sites (tertiary alicyclic amines) is 1. The van der Waals surface area contributed by atoms with Gasteiger partial charge in [-0.3, -0.25) is 9.59 Å². The van der Waals surface area contributed by atoms with Crippen molar-refractivity contribution in [3.63, 3.8) is 0 Å². The van der Waals surface area contributed by atoms with Gasteiger partial charge in [-0.25, -0.2) is 4.90 Å². The molecule has 0 bridgehead atoms. The van der Waals surface area contributed by atoms with Crippen LogP contribution in [0.5, 0.6) is 0 Å². The summed E-state index contributed by atoms with van der Waals surface area (Å²) in [6.45, 7) is 4.24. The molecule has 0 saturated carbocycles. The van der Waals surface area contributed by atoms with Crippen LogP contribution < -0.4 is 5.32 Å². The molecule has 0 unspecified atom stereocenters. The van der Waals surface area contributed by atoms with E-state index >= 15 is 0 Å². The molecule has 1 saturated heterocycles. The number of imide groups is 1. The molecule has 100 valence electrons. The third-order valence-corrected chi connectivity index (χ3v) is 3.37. The molecule has 1 aliphatic rings. The van der Waals surface area contributed by atoms with Crippen molar-refractivity contribution in [1.82, 2.24) is 4.90 Å². The van der Waals surface area contributed by atoms with Gasteiger partial charge in [-0.15, -0.1) is 0 Å². The highest BCUT2D eigenvalue weighted by Crippen LogP contribution is 2.19. The number of rotatable bonds is 2. The van der Waals surface area contributed by atoms with E-state index in [0.717, 1.165) is 10.6 Å². The van der Waals surface area contributed by atoms with Crippen molar-refractivity contribution in [3.05, 3.63) is 29.8 Å². The normalized spacial score (nSPS) is 15.2. The minimum atomic E-state index is -0.235. The van der Waals surface area contributed by atoms with Gasteiger partial charge in [-0.1, -0.05) is 26.0 Å². The average Bonchev–Trinajstić information content (AvgIpc) is 2.69. The fourth-order valence-corrected chi connectivity index (χ4v) is 2.26. The highest BCUT2D eigenvalue weighted by molar-refractivity contribution is 7.80. The Balaban J connectivity index is 2.06. The zero-order valence-corrected chi connectivity index (χ0v) is 11.8. The number of thiocarbonyl (C=S) groups is 1. The van der Waals surface area contributed by atoms with Crippen LogP contribution in [0.3, 0.4) is 0 Å². The van der Waals surface area contributed by atoms with Crippen molar-refractivity contribution in [2.75, 3.05) is 5.32 Å². The van der Waals surface area contributed by atoms with E-state index in [1.807, 2.05) is 24.3 Å². The lowest BCUT2D eigenvalue weighted by Crippen LogP contribution is -2.38. The summed E-state index contributed by atoms with van der Waals surface area (Å²) in [7, 11) is 0. The van der Waals surface area contributed by atoms with Crippen LogP contribution in [0.1, 0.15) is 38.2 Å². The fourth-order valence-electron chi connectivity index (χ4n) is 1.93. The number of carbonyl (C=O) groups is 2. The molecule has 5 heteroatoms. The first-order valence-corrected chi connectivity index (χ1v) is 6.66. The predicted molar refractivity (Wildman–Crippen MR) is 77.8 cm³/mol. The highest BCUT2D eigenvalue weighted by Gasteiger charge is 2.32. The van der Waals surface area contributed by atoms with Crippen LogP contribution in [-0.2, 0) is 9.59 Å². The molecule has 0 aromatic heterocycles. The van der Waals surface area contributed by atoms with Gasteiger partial charge in [0.2, 0.25) is 11.8 Å². The SMILES string of the molecule is CC(C)c1ccc(NC(=S)N2C(=O)CCC2=O)cc1. The first-order valence-electron chi connectivity index (χ1n) is 6.26. The Morgan fingerprint density at radius 1 is 1.16 bits per heavy atom. The maximum Gasteiger partial charge on any atom is 0.236 e. The van der Waals surface area contributed by atoms with Crippen LogP contribution in [0.15, 0.2) is 24.3 Å². The van der Waals surface area contributed by atoms with Crippen molar-refractivity contribution < 1.29 is 9.59 Å². The predicted octanol–water partition coefficient (Wildman–Crippen LogP) is 2.66. The lowest BCUT2D eigenvalue weighted by molar-refractivity contribution is -0.133. The first kappa shape index (κ1) is 13.7. The molecule has 1 heterocycles. The zero-order valence-electron chi connectivity index (χ0n) is 11.0. The Bertz CT molecular complexity index is 507. The number of benzene rings is 1. The van der Waals surface area contributed by atoms with Crippen molar-refractivity contribution in [3.8, 4) is 0 Å². The van der Waals surface area contributed by atoms with Gasteiger partial charge in [-0.05, 0) is 35.8 Å². The first-order chi connectivity index (χ1) is 8.99. The maximum absolute atomic E-state index is 11.5. The smallest absolute Gasteiger partial charge is 0.236 e. The van der Waals surface area contributed by atoms with Gasteiger partial charge < -0.3 is 5.32 Å². The molecule has 1 N–H and O–H groups in total. The second kappa shape index (κ2) is 5.48. The van der Waals surface area contributed by atoms with Crippen LogP contribution >= 0.6 is 12.2 Å². The molecule has 1 aliphatic heterocycles. The van der Waals surface area contributed by atoms with Gasteiger partial charge in [-0.2, -0.15) is 0 Å². The zero-order chi connectivity index (χ0) is 14.0. The van der Waals surface area contributed by atoms with E-state index in [1.165, 1.54) is 5.56 Å². The molecule has 0 atom stereocenters. The van der Waals surface area contributed by atoms with Crippen molar-refractivity contribution in [1.29, 1.82) is 0 Å². The molecular formula is C14H16N2O2S. The summed E-state index contributed by atoms with van der Waals surface area (Å²) in [5, 5.41) is 3.08. The van der Waals surface area contributed by atoms with Crippen LogP contribution in [0.4, 0.5) is 5.69 Å². The molecule has 0 spiro atoms. The molecule has 2 amide bonds. The van der Waals surface area contributed by atoms with Crippen LogP contribution in [-0.4, -0.2) is 21.8 Å². The number of nitrogens with one attached hydrogen (secondary N) is 1. The number of nitrogens with zero attached hydrogens (tertiary/aromatic N) is 1. The fraction of sp³-hybridized carbons (Fsp3) is 0.357. The number of hydrogen-bond donors (Lipinski definition) is 1. The van der Waals surface area contributed by atoms with Crippen molar-refractivity contribution >= 4 is 34.8 Å². The van der Waals surface area contributed by atoms with E-state index in [9.17, 15) is 9.59 Å². The summed E-state index contributed by atoms with van der Waals surface area (Å²) in [6, 6.07) is 7.80. The quantitative estimate of drug-likeness (QED) is 0.666. The molecule has 1 aromatic carbocycles. The summed E-state index contributed by atoms with van der Waals surface area (Å²) < 4.78 is 0. The van der Waals surface area contributed by atoms with Gasteiger partial charge in [0, 0.05) is 18.5 Å². The topological polar surface area (TPSA) is 49.4 Å². The Kier molecular flexibility index (Phi) is 3.95. The van der Waals surface area contributed by atoms with Crippen LogP contribution in [0, 0.1) is 0 Å². The summed E-state index contributed by atoms with van der Waals surface area (Å²) in [6.07, 6.45) is 0.486. The lowest BCUT2D eigenvalue weighted by atomic mass is 10.0. The average molecular weight is 276 g/mol. The number of amides is 2. The molecule has 0 aliphatic carbocycles. The van der Waals surface area contributed by atoms with Gasteiger partial charge in [0.05, 0.1) is 0 Å². The molecule has 1 aromatic rings. The minimum absolute atomic E-state index is 0.157. The second-order valence-electron chi connectivity index (χ2n) is 4.83. The molecule has 0 radical (unpaired) electrons. The summed E-state index contributed by atoms with van der Waals surface area (Å²) >= 11 is 5.11. The van der Waals surface area contributed by atoms with Gasteiger partial charge in [0.25, 0.3) is 0 Å². The van der Waals surface area contributed by atoms with Gasteiger partial charge in [0.15, 0.2) is 5.11 Å². The third-order valence-electron chi connectivity index (χ3n) is 3.08. The van der Waals surface area contributed by atoms with E-state index in [2.05, 4.69) is 19.2 Å². The van der Waals surface area contributed by atoms with Gasteiger partial charge in [0.1, 0.15) is 0 Å². The van der Waals surface area contributed by atoms with E-state index < -0.39 is 0 Å². The second-order valence-corrected chi connectivity index (χ2v) is 5.22. The lowest BCUT2D eigenvalue weighted by Gasteiger charge is -2.16. The standard InChI is InChI=1S/C14H16N2O2S/c1-9(2)10-3-5-11(6-4-10)15-14(19)16-12(17)7-8-13(16)18/h3-6,9H,7-8H2,1-2H3,(H,15,19). The van der Waals surface area contributed by atoms with Crippen molar-refractivity contribution in [2.24, 2.45) is 0 Å². The van der Waals surface area contributed by atoms with E-state index in [4.69, 9.17) is 12.2 Å². The summed E-state index contributed by atoms with van der Waals surface area (Å²) in [4.78, 5) is 24.1. The molecule has 4 nitrogen and oxygen atoms in total. The summed E-state index contributed by atoms with van der Waals surface area (Å²) in [5.41, 5.74) is 2.01. The molecule has 19 heavy (non-hydrogen) atoms. The Hall–Kier alpha value is -1.75. The molecular weight excluding hydrogens is 260 g/mol. The van der Waals surface area contributed by atoms with E-state index in [0.29, 0.717) is 5.92 Å². The molecule has 2 rings (SSSR count). The third kappa shape index (κ3) is 2.98. The van der Waals surface area contributed by atoms with E-state index in [1.54, 1.807) is 0 Å².